The molecule has 0 saturated carbocycles. The average molecular weight is 359 g/mol. The topological polar surface area (TPSA) is 30.2 Å². The molecule has 0 fully saturated rings. The highest BCUT2D eigenvalue weighted by atomic mass is 32.2. The monoisotopic (exact) mass is 359 g/mol. The van der Waals surface area contributed by atoms with Crippen LogP contribution in [0.2, 0.25) is 0 Å². The molecule has 0 aliphatic carbocycles. The minimum absolute atomic E-state index is 0.906. The summed E-state index contributed by atoms with van der Waals surface area (Å²) in [6.45, 7) is 6.42. The first-order chi connectivity index (χ1) is 12.6. The zero-order valence-electron chi connectivity index (χ0n) is 15.2. The number of aryl methyl sites for hydroxylation is 3. The summed E-state index contributed by atoms with van der Waals surface area (Å²) >= 11 is 1.76. The van der Waals surface area contributed by atoms with Crippen molar-refractivity contribution in [2.24, 2.45) is 0 Å². The van der Waals surface area contributed by atoms with Gasteiger partial charge in [-0.15, -0.1) is 0 Å². The molecule has 0 saturated heterocycles. The van der Waals surface area contributed by atoms with Gasteiger partial charge in [-0.2, -0.15) is 5.10 Å². The first-order valence-corrected chi connectivity index (χ1v) is 9.70. The van der Waals surface area contributed by atoms with Crippen LogP contribution in [0.1, 0.15) is 22.3 Å². The van der Waals surface area contributed by atoms with E-state index in [0.29, 0.717) is 0 Å². The average Bonchev–Trinajstić information content (AvgIpc) is 3.08. The lowest BCUT2D eigenvalue weighted by Gasteiger charge is -2.05. The van der Waals surface area contributed by atoms with Crippen LogP contribution in [0, 0.1) is 20.8 Å². The highest BCUT2D eigenvalue weighted by molar-refractivity contribution is 7.98. The molecule has 0 radical (unpaired) electrons. The minimum Gasteiger partial charge on any atom is -0.246 e. The number of aromatic nitrogens is 3. The molecule has 4 heteroatoms. The number of fused-ring (bicyclic) bond motifs is 1. The molecular formula is C22H21N3S. The summed E-state index contributed by atoms with van der Waals surface area (Å²) in [6, 6.07) is 17.1. The molecule has 4 aromatic rings. The van der Waals surface area contributed by atoms with E-state index < -0.39 is 0 Å². The van der Waals surface area contributed by atoms with Gasteiger partial charge in [-0.3, -0.25) is 0 Å². The van der Waals surface area contributed by atoms with Crippen molar-refractivity contribution in [1.82, 2.24) is 14.6 Å². The van der Waals surface area contributed by atoms with Gasteiger partial charge in [0.05, 0.1) is 11.2 Å². The number of benzene rings is 2. The summed E-state index contributed by atoms with van der Waals surface area (Å²) in [7, 11) is 0. The lowest BCUT2D eigenvalue weighted by molar-refractivity contribution is 0.920. The third kappa shape index (κ3) is 3.25. The normalized spacial score (nSPS) is 11.2. The molecule has 0 unspecified atom stereocenters. The van der Waals surface area contributed by atoms with Crippen LogP contribution in [0.4, 0.5) is 0 Å². The zero-order chi connectivity index (χ0) is 18.1. The van der Waals surface area contributed by atoms with Gasteiger partial charge in [0, 0.05) is 23.7 Å². The predicted octanol–water partition coefficient (Wildman–Crippen LogP) is 5.61. The molecule has 2 aromatic heterocycles. The van der Waals surface area contributed by atoms with Gasteiger partial charge < -0.3 is 0 Å². The highest BCUT2D eigenvalue weighted by Gasteiger charge is 2.11. The molecule has 0 N–H and O–H groups in total. The lowest BCUT2D eigenvalue weighted by Crippen LogP contribution is -1.92. The molecule has 0 amide bonds. The van der Waals surface area contributed by atoms with Crippen LogP contribution < -0.4 is 0 Å². The zero-order valence-corrected chi connectivity index (χ0v) is 16.0. The highest BCUT2D eigenvalue weighted by Crippen LogP contribution is 2.29. The molecule has 2 aromatic carbocycles. The maximum atomic E-state index is 4.75. The van der Waals surface area contributed by atoms with Gasteiger partial charge in [-0.05, 0) is 55.2 Å². The largest absolute Gasteiger partial charge is 0.246 e. The maximum absolute atomic E-state index is 4.75. The SMILES string of the molecule is Cc1ccc(-c2cc3c(SCc4ccccc4C)nccn3n2)cc1C. The molecule has 26 heavy (non-hydrogen) atoms. The molecule has 0 aliphatic heterocycles. The Morgan fingerprint density at radius 2 is 1.77 bits per heavy atom. The summed E-state index contributed by atoms with van der Waals surface area (Å²) in [5.74, 6) is 0.906. The van der Waals surface area contributed by atoms with Gasteiger partial charge >= 0.3 is 0 Å². The number of nitrogens with zero attached hydrogens (tertiary/aromatic N) is 3. The number of rotatable bonds is 4. The Hall–Kier alpha value is -2.59. The summed E-state index contributed by atoms with van der Waals surface area (Å²) in [5.41, 5.74) is 8.43. The fourth-order valence-electron chi connectivity index (χ4n) is 2.97. The molecule has 130 valence electrons. The van der Waals surface area contributed by atoms with Crippen molar-refractivity contribution in [1.29, 1.82) is 0 Å². The van der Waals surface area contributed by atoms with Crippen molar-refractivity contribution in [3.63, 3.8) is 0 Å². The van der Waals surface area contributed by atoms with Crippen molar-refractivity contribution in [2.45, 2.75) is 31.6 Å². The number of hydrogen-bond acceptors (Lipinski definition) is 3. The van der Waals surface area contributed by atoms with Crippen LogP contribution in [0.5, 0.6) is 0 Å². The van der Waals surface area contributed by atoms with Crippen molar-refractivity contribution in [3.05, 3.63) is 83.2 Å². The fraction of sp³-hybridized carbons (Fsp3) is 0.182. The number of thioether (sulfide) groups is 1. The van der Waals surface area contributed by atoms with Gasteiger partial charge in [0.25, 0.3) is 0 Å². The van der Waals surface area contributed by atoms with E-state index in [0.717, 1.165) is 27.6 Å². The first kappa shape index (κ1) is 16.9. The van der Waals surface area contributed by atoms with E-state index >= 15 is 0 Å². The second-order valence-corrected chi connectivity index (χ2v) is 7.57. The Kier molecular flexibility index (Phi) is 4.51. The van der Waals surface area contributed by atoms with Crippen LogP contribution >= 0.6 is 11.8 Å². The van der Waals surface area contributed by atoms with Crippen molar-refractivity contribution < 1.29 is 0 Å². The number of hydrogen-bond donors (Lipinski definition) is 0. The van der Waals surface area contributed by atoms with E-state index in [9.17, 15) is 0 Å². The van der Waals surface area contributed by atoms with Gasteiger partial charge in [0.1, 0.15) is 5.03 Å². The van der Waals surface area contributed by atoms with Crippen LogP contribution in [0.25, 0.3) is 16.8 Å². The molecule has 3 nitrogen and oxygen atoms in total. The molecule has 0 aliphatic rings. The standard InChI is InChI=1S/C22H21N3S/c1-15-8-9-18(12-17(15)3)20-13-21-22(23-10-11-25(21)24-20)26-14-19-7-5-4-6-16(19)2/h4-13H,14H2,1-3H3. The minimum atomic E-state index is 0.906. The summed E-state index contributed by atoms with van der Waals surface area (Å²) in [5, 5.41) is 5.76. The van der Waals surface area contributed by atoms with E-state index in [4.69, 9.17) is 5.10 Å². The van der Waals surface area contributed by atoms with Gasteiger partial charge in [0.15, 0.2) is 0 Å². The Bertz CT molecular complexity index is 1080. The van der Waals surface area contributed by atoms with Crippen LogP contribution in [0.15, 0.2) is 66.0 Å². The second-order valence-electron chi connectivity index (χ2n) is 6.61. The van der Waals surface area contributed by atoms with E-state index in [-0.39, 0.29) is 0 Å². The van der Waals surface area contributed by atoms with Crippen molar-refractivity contribution in [3.8, 4) is 11.3 Å². The Morgan fingerprint density at radius 1 is 0.923 bits per heavy atom. The second kappa shape index (κ2) is 6.96. The molecule has 0 spiro atoms. The van der Waals surface area contributed by atoms with E-state index in [1.165, 1.54) is 22.3 Å². The van der Waals surface area contributed by atoms with E-state index in [1.807, 2.05) is 16.9 Å². The van der Waals surface area contributed by atoms with Crippen LogP contribution in [-0.4, -0.2) is 14.6 Å². The molecule has 0 atom stereocenters. The lowest BCUT2D eigenvalue weighted by atomic mass is 10.0. The molecule has 4 rings (SSSR count). The Balaban J connectivity index is 1.67. The van der Waals surface area contributed by atoms with Crippen LogP contribution in [-0.2, 0) is 5.75 Å². The van der Waals surface area contributed by atoms with Crippen LogP contribution in [0.3, 0.4) is 0 Å². The summed E-state index contributed by atoms with van der Waals surface area (Å²) < 4.78 is 1.93. The predicted molar refractivity (Wildman–Crippen MR) is 109 cm³/mol. The maximum Gasteiger partial charge on any atom is 0.122 e. The molecular weight excluding hydrogens is 338 g/mol. The molecule has 0 bridgehead atoms. The third-order valence-corrected chi connectivity index (χ3v) is 5.83. The van der Waals surface area contributed by atoms with E-state index in [2.05, 4.69) is 74.3 Å². The van der Waals surface area contributed by atoms with Crippen molar-refractivity contribution in [2.75, 3.05) is 0 Å². The summed E-state index contributed by atoms with van der Waals surface area (Å²) in [6.07, 6.45) is 3.74. The quantitative estimate of drug-likeness (QED) is 0.443. The third-order valence-electron chi connectivity index (χ3n) is 4.78. The van der Waals surface area contributed by atoms with Gasteiger partial charge in [0.2, 0.25) is 0 Å². The fourth-order valence-corrected chi connectivity index (χ4v) is 4.02. The summed E-state index contributed by atoms with van der Waals surface area (Å²) in [4.78, 5) is 4.59. The van der Waals surface area contributed by atoms with E-state index in [1.54, 1.807) is 11.8 Å². The Morgan fingerprint density at radius 3 is 2.58 bits per heavy atom. The Labute approximate surface area is 158 Å². The van der Waals surface area contributed by atoms with Gasteiger partial charge in [-0.1, -0.05) is 48.2 Å². The van der Waals surface area contributed by atoms with Crippen molar-refractivity contribution >= 4 is 17.3 Å². The smallest absolute Gasteiger partial charge is 0.122 e. The first-order valence-electron chi connectivity index (χ1n) is 8.71. The van der Waals surface area contributed by atoms with Gasteiger partial charge in [-0.25, -0.2) is 9.50 Å². The molecule has 2 heterocycles.